The van der Waals surface area contributed by atoms with Gasteiger partial charge in [-0.1, -0.05) is 77.0 Å². The molecular formula is C57H76N8O4. The fraction of sp³-hybridized carbons (Fsp3) is 0.509. The Morgan fingerprint density at radius 2 is 0.507 bits per heavy atom. The lowest BCUT2D eigenvalue weighted by molar-refractivity contribution is -0.00351. The number of aliphatic imine (C=N–C) groups is 4. The molecule has 0 heterocycles. The van der Waals surface area contributed by atoms with E-state index < -0.39 is 5.41 Å². The van der Waals surface area contributed by atoms with Crippen molar-refractivity contribution in [3.8, 4) is 23.0 Å². The van der Waals surface area contributed by atoms with Crippen molar-refractivity contribution in [2.24, 2.45) is 48.3 Å². The molecule has 12 nitrogen and oxygen atoms in total. The first-order chi connectivity index (χ1) is 33.8. The molecule has 0 amide bonds. The van der Waals surface area contributed by atoms with E-state index >= 15 is 0 Å². The monoisotopic (exact) mass is 937 g/mol. The minimum absolute atomic E-state index is 0.204. The number of hydrogen-bond donors (Lipinski definition) is 4. The van der Waals surface area contributed by atoms with Crippen LogP contribution in [-0.2, 0) is 0 Å². The normalized spacial score (nSPS) is 19.7. The molecule has 0 aliphatic heterocycles. The molecule has 4 aromatic carbocycles. The summed E-state index contributed by atoms with van der Waals surface area (Å²) in [4.78, 5) is 19.5. The number of amidine groups is 4. The van der Waals surface area contributed by atoms with E-state index in [2.05, 4.69) is 0 Å². The fourth-order valence-corrected chi connectivity index (χ4v) is 10.0. The lowest BCUT2D eigenvalue weighted by Gasteiger charge is -2.33. The second-order valence-electron chi connectivity index (χ2n) is 20.0. The van der Waals surface area contributed by atoms with Crippen LogP contribution in [-0.4, -0.2) is 73.9 Å². The zero-order chi connectivity index (χ0) is 47.7. The van der Waals surface area contributed by atoms with Crippen LogP contribution in [0.4, 0.5) is 0 Å². The summed E-state index contributed by atoms with van der Waals surface area (Å²) in [5.41, 5.74) is 28.8. The molecule has 0 aromatic heterocycles. The number of rotatable bonds is 20. The summed E-state index contributed by atoms with van der Waals surface area (Å²) < 4.78 is 26.7. The van der Waals surface area contributed by atoms with Gasteiger partial charge in [-0.25, -0.2) is 0 Å². The molecule has 0 atom stereocenters. The molecule has 0 bridgehead atoms. The predicted octanol–water partition coefficient (Wildman–Crippen LogP) is 10.4. The second-order valence-corrected chi connectivity index (χ2v) is 20.0. The summed E-state index contributed by atoms with van der Waals surface area (Å²) in [5.74, 6) is 4.97. The van der Waals surface area contributed by atoms with Crippen LogP contribution in [0, 0.1) is 5.41 Å². The topological polar surface area (TPSA) is 190 Å². The molecule has 4 aliphatic rings. The Balaban J connectivity index is 1.03. The summed E-state index contributed by atoms with van der Waals surface area (Å²) in [6, 6.07) is 32.5. The van der Waals surface area contributed by atoms with E-state index in [4.69, 9.17) is 61.9 Å². The molecule has 8 N–H and O–H groups in total. The van der Waals surface area contributed by atoms with Crippen molar-refractivity contribution in [2.45, 2.75) is 153 Å². The molecule has 0 saturated heterocycles. The Hall–Kier alpha value is -6.04. The molecule has 4 aromatic rings. The maximum Gasteiger partial charge on any atom is 0.125 e. The van der Waals surface area contributed by atoms with E-state index in [1.807, 2.05) is 97.1 Å². The third-order valence-corrected chi connectivity index (χ3v) is 14.4. The molecule has 8 rings (SSSR count). The van der Waals surface area contributed by atoms with Crippen molar-refractivity contribution in [2.75, 3.05) is 26.4 Å². The Kier molecular flexibility index (Phi) is 17.9. The average Bonchev–Trinajstić information content (AvgIpc) is 3.40. The SMILES string of the molecule is NC(=NC1CCCCC1)c1ccc(OCC(COc2ccc(C(N)=NC3CCCCC3)cc2)(COc2ccc(C(N)=NC3CCCCC3)cc2)COc2ccc(C(N)=NC3CCCCC3)cc2)cc1. The van der Waals surface area contributed by atoms with Crippen molar-refractivity contribution in [1.29, 1.82) is 0 Å². The van der Waals surface area contributed by atoms with Crippen LogP contribution in [0.2, 0.25) is 0 Å². The Bertz CT molecular complexity index is 1970. The van der Waals surface area contributed by atoms with Gasteiger partial charge in [0.05, 0.1) is 24.2 Å². The van der Waals surface area contributed by atoms with Gasteiger partial charge in [-0.3, -0.25) is 20.0 Å². The molecule has 0 radical (unpaired) electrons. The van der Waals surface area contributed by atoms with Gasteiger partial charge in [0.15, 0.2) is 0 Å². The first-order valence-electron chi connectivity index (χ1n) is 26.0. The highest BCUT2D eigenvalue weighted by atomic mass is 16.5. The zero-order valence-electron chi connectivity index (χ0n) is 40.7. The maximum absolute atomic E-state index is 6.67. The molecule has 4 aliphatic carbocycles. The lowest BCUT2D eigenvalue weighted by atomic mass is 9.92. The van der Waals surface area contributed by atoms with Gasteiger partial charge in [-0.2, -0.15) is 0 Å². The number of ether oxygens (including phenoxy) is 4. The van der Waals surface area contributed by atoms with Crippen molar-refractivity contribution in [1.82, 2.24) is 0 Å². The highest BCUT2D eigenvalue weighted by Gasteiger charge is 2.36. The van der Waals surface area contributed by atoms with Gasteiger partial charge in [-0.05, 0) is 148 Å². The largest absolute Gasteiger partial charge is 0.493 e. The first-order valence-corrected chi connectivity index (χ1v) is 26.0. The van der Waals surface area contributed by atoms with Crippen LogP contribution < -0.4 is 41.9 Å². The van der Waals surface area contributed by atoms with Crippen LogP contribution in [0.15, 0.2) is 117 Å². The summed E-state index contributed by atoms with van der Waals surface area (Å²) in [5, 5.41) is 0. The van der Waals surface area contributed by atoms with E-state index in [-0.39, 0.29) is 50.6 Å². The molecule has 368 valence electrons. The first kappa shape index (κ1) is 49.4. The molecule has 69 heavy (non-hydrogen) atoms. The van der Waals surface area contributed by atoms with E-state index in [0.29, 0.717) is 46.3 Å². The molecule has 0 unspecified atom stereocenters. The van der Waals surface area contributed by atoms with Crippen LogP contribution >= 0.6 is 0 Å². The predicted molar refractivity (Wildman–Crippen MR) is 281 cm³/mol. The zero-order valence-corrected chi connectivity index (χ0v) is 40.7. The van der Waals surface area contributed by atoms with Crippen molar-refractivity contribution < 1.29 is 18.9 Å². The number of nitrogens with two attached hydrogens (primary N) is 4. The van der Waals surface area contributed by atoms with Crippen LogP contribution in [0.5, 0.6) is 23.0 Å². The quantitative estimate of drug-likeness (QED) is 0.0497. The smallest absolute Gasteiger partial charge is 0.125 e. The van der Waals surface area contributed by atoms with Crippen LogP contribution in [0.1, 0.15) is 151 Å². The van der Waals surface area contributed by atoms with Gasteiger partial charge < -0.3 is 41.9 Å². The highest BCUT2D eigenvalue weighted by Crippen LogP contribution is 2.30. The average molecular weight is 937 g/mol. The molecule has 4 saturated carbocycles. The summed E-state index contributed by atoms with van der Waals surface area (Å²) in [6.45, 7) is 0.814. The minimum atomic E-state index is -0.833. The lowest BCUT2D eigenvalue weighted by Crippen LogP contribution is -2.45. The van der Waals surface area contributed by atoms with Crippen molar-refractivity contribution in [3.05, 3.63) is 119 Å². The van der Waals surface area contributed by atoms with E-state index in [9.17, 15) is 0 Å². The molecule has 4 fully saturated rings. The minimum Gasteiger partial charge on any atom is -0.493 e. The van der Waals surface area contributed by atoms with E-state index in [0.717, 1.165) is 73.6 Å². The number of benzene rings is 4. The van der Waals surface area contributed by atoms with Crippen molar-refractivity contribution >= 4 is 23.3 Å². The van der Waals surface area contributed by atoms with Crippen molar-refractivity contribution in [3.63, 3.8) is 0 Å². The van der Waals surface area contributed by atoms with Gasteiger partial charge in [-0.15, -0.1) is 0 Å². The van der Waals surface area contributed by atoms with E-state index in [1.165, 1.54) is 77.0 Å². The van der Waals surface area contributed by atoms with Gasteiger partial charge >= 0.3 is 0 Å². The third kappa shape index (κ3) is 15.0. The molecular weight excluding hydrogens is 861 g/mol. The van der Waals surface area contributed by atoms with Gasteiger partial charge in [0.1, 0.15) is 78.2 Å². The third-order valence-electron chi connectivity index (χ3n) is 14.4. The van der Waals surface area contributed by atoms with Gasteiger partial charge in [0.25, 0.3) is 0 Å². The Labute approximate surface area is 410 Å². The fourth-order valence-electron chi connectivity index (χ4n) is 10.0. The molecule has 0 spiro atoms. The maximum atomic E-state index is 6.67. The van der Waals surface area contributed by atoms with Gasteiger partial charge in [0, 0.05) is 22.3 Å². The Morgan fingerprint density at radius 3 is 0.696 bits per heavy atom. The summed E-state index contributed by atoms with van der Waals surface area (Å²) in [7, 11) is 0. The van der Waals surface area contributed by atoms with Gasteiger partial charge in [0.2, 0.25) is 0 Å². The van der Waals surface area contributed by atoms with Crippen LogP contribution in [0.25, 0.3) is 0 Å². The number of hydrogen-bond acceptors (Lipinski definition) is 8. The summed E-state index contributed by atoms with van der Waals surface area (Å²) >= 11 is 0. The summed E-state index contributed by atoms with van der Waals surface area (Å²) in [6.07, 6.45) is 23.4. The Morgan fingerprint density at radius 1 is 0.319 bits per heavy atom. The van der Waals surface area contributed by atoms with Crippen LogP contribution in [0.3, 0.4) is 0 Å². The second kappa shape index (κ2) is 25.0. The van der Waals surface area contributed by atoms with E-state index in [1.54, 1.807) is 0 Å². The number of nitrogens with zero attached hydrogens (tertiary/aromatic N) is 4. The molecule has 12 heteroatoms. The highest BCUT2D eigenvalue weighted by molar-refractivity contribution is 5.99. The standard InChI is InChI=1S/C57H76N8O4/c58-53(62-45-13-5-1-6-14-45)41-21-29-49(30-22-41)66-37-57(38-67-50-31-23-42(24-32-50)54(59)63-46-15-7-2-8-16-46,39-68-51-33-25-43(26-34-51)55(60)64-47-17-9-3-10-18-47)40-69-52-35-27-44(28-36-52)56(61)65-48-19-11-4-12-20-48/h21-36,45-48H,1-20,37-40H2,(H2,58,62)(H2,59,63)(H2,60,64)(H2,61,65).